The summed E-state index contributed by atoms with van der Waals surface area (Å²) in [6.07, 6.45) is -5.04. The van der Waals surface area contributed by atoms with Crippen molar-refractivity contribution < 1.29 is 40.6 Å². The lowest BCUT2D eigenvalue weighted by molar-refractivity contribution is -0.137. The van der Waals surface area contributed by atoms with E-state index < -0.39 is 45.6 Å². The molecule has 2 N–H and O–H groups in total. The minimum Gasteiger partial charge on any atom is -0.486 e. The number of ether oxygens (including phenoxy) is 1. The van der Waals surface area contributed by atoms with Crippen molar-refractivity contribution in [1.82, 2.24) is 9.80 Å². The number of aliphatic hydroxyl groups is 1. The average molecular weight is 624 g/mol. The molecule has 0 unspecified atom stereocenters. The van der Waals surface area contributed by atoms with Crippen LogP contribution in [0.2, 0.25) is 0 Å². The van der Waals surface area contributed by atoms with E-state index in [2.05, 4.69) is 4.72 Å². The van der Waals surface area contributed by atoms with Crippen molar-refractivity contribution in [3.8, 4) is 5.75 Å². The van der Waals surface area contributed by atoms with Gasteiger partial charge in [0.05, 0.1) is 34.4 Å². The van der Waals surface area contributed by atoms with Crippen LogP contribution in [0.3, 0.4) is 0 Å². The van der Waals surface area contributed by atoms with E-state index in [1.165, 1.54) is 35.2 Å². The van der Waals surface area contributed by atoms with Gasteiger partial charge in [-0.2, -0.15) is 13.2 Å². The first-order valence-corrected chi connectivity index (χ1v) is 15.0. The van der Waals surface area contributed by atoms with Crippen LogP contribution in [0.15, 0.2) is 71.6 Å². The lowest BCUT2D eigenvalue weighted by Crippen LogP contribution is -2.49. The number of anilines is 1. The molecule has 3 aromatic carbocycles. The highest BCUT2D eigenvalue weighted by molar-refractivity contribution is 7.92. The number of carbonyl (C=O) groups is 1. The molecule has 0 saturated carbocycles. The van der Waals surface area contributed by atoms with E-state index in [1.54, 1.807) is 14.0 Å². The van der Waals surface area contributed by atoms with E-state index in [-0.39, 0.29) is 47.5 Å². The fourth-order valence-corrected chi connectivity index (χ4v) is 5.90. The van der Waals surface area contributed by atoms with Gasteiger partial charge < -0.3 is 14.7 Å². The standard InChI is InChI=1S/C30H33F4N3O5S/c1-19-15-37(20(2)18-38)29(39)25-5-4-6-26(35-43(40,41)24-13-11-23(31)12-14-24)28(25)42-27(19)17-36(3)16-21-7-9-22(10-8-21)30(32,33)34/h4-14,19-20,27,35,38H,15-18H2,1-3H3/t19-,20-,27+/m1/s1. The Hall–Kier alpha value is -3.68. The zero-order valence-electron chi connectivity index (χ0n) is 23.8. The molecule has 8 nitrogen and oxygen atoms in total. The van der Waals surface area contributed by atoms with E-state index in [9.17, 15) is 35.9 Å². The van der Waals surface area contributed by atoms with Crippen LogP contribution in [0.25, 0.3) is 0 Å². The number of rotatable bonds is 9. The first-order valence-electron chi connectivity index (χ1n) is 13.5. The molecule has 43 heavy (non-hydrogen) atoms. The topological polar surface area (TPSA) is 99.2 Å². The molecule has 3 aromatic rings. The molecule has 13 heteroatoms. The lowest BCUT2D eigenvalue weighted by atomic mass is 9.99. The lowest BCUT2D eigenvalue weighted by Gasteiger charge is -2.38. The molecule has 0 saturated heterocycles. The van der Waals surface area contributed by atoms with Crippen molar-refractivity contribution >= 4 is 21.6 Å². The predicted octanol–water partition coefficient (Wildman–Crippen LogP) is 5.00. The third kappa shape index (κ3) is 7.64. The van der Waals surface area contributed by atoms with Crippen LogP contribution in [0, 0.1) is 11.7 Å². The molecule has 0 radical (unpaired) electrons. The van der Waals surface area contributed by atoms with Crippen molar-refractivity contribution in [2.45, 2.75) is 43.6 Å². The maximum absolute atomic E-state index is 13.7. The number of halogens is 4. The molecule has 4 rings (SSSR count). The smallest absolute Gasteiger partial charge is 0.416 e. The second-order valence-electron chi connectivity index (χ2n) is 10.8. The second kappa shape index (κ2) is 12.9. The molecular weight excluding hydrogens is 590 g/mol. The number of carbonyl (C=O) groups excluding carboxylic acids is 1. The van der Waals surface area contributed by atoms with Gasteiger partial charge in [-0.15, -0.1) is 0 Å². The van der Waals surface area contributed by atoms with Crippen molar-refractivity contribution in [3.05, 3.63) is 89.2 Å². The molecule has 1 heterocycles. The van der Waals surface area contributed by atoms with Crippen molar-refractivity contribution in [2.24, 2.45) is 5.92 Å². The van der Waals surface area contributed by atoms with Crippen LogP contribution in [-0.4, -0.2) is 68.1 Å². The molecule has 1 amide bonds. The van der Waals surface area contributed by atoms with E-state index in [0.717, 1.165) is 36.4 Å². The van der Waals surface area contributed by atoms with Crippen molar-refractivity contribution in [3.63, 3.8) is 0 Å². The summed E-state index contributed by atoms with van der Waals surface area (Å²) < 4.78 is 87.6. The summed E-state index contributed by atoms with van der Waals surface area (Å²) in [5, 5.41) is 9.88. The third-order valence-electron chi connectivity index (χ3n) is 7.28. The highest BCUT2D eigenvalue weighted by Crippen LogP contribution is 2.36. The molecule has 1 aliphatic heterocycles. The number of sulfonamides is 1. The van der Waals surface area contributed by atoms with E-state index in [4.69, 9.17) is 4.74 Å². The number of nitrogens with one attached hydrogen (secondary N) is 1. The van der Waals surface area contributed by atoms with Gasteiger partial charge in [-0.3, -0.25) is 14.4 Å². The fourth-order valence-electron chi connectivity index (χ4n) is 4.84. The molecule has 0 spiro atoms. The molecule has 1 aliphatic rings. The number of nitrogens with zero attached hydrogens (tertiary/aromatic N) is 2. The summed E-state index contributed by atoms with van der Waals surface area (Å²) in [6.45, 7) is 4.05. The number of fused-ring (bicyclic) bond motifs is 1. The van der Waals surface area contributed by atoms with Gasteiger partial charge in [-0.25, -0.2) is 12.8 Å². The van der Waals surface area contributed by atoms with Gasteiger partial charge in [0.2, 0.25) is 0 Å². The van der Waals surface area contributed by atoms with Crippen LogP contribution in [-0.2, 0) is 22.7 Å². The predicted molar refractivity (Wildman–Crippen MR) is 153 cm³/mol. The molecule has 3 atom stereocenters. The zero-order valence-corrected chi connectivity index (χ0v) is 24.6. The normalized spacial score (nSPS) is 18.4. The number of hydrogen-bond acceptors (Lipinski definition) is 6. The number of aliphatic hydroxyl groups excluding tert-OH is 1. The van der Waals surface area contributed by atoms with Crippen LogP contribution in [0.5, 0.6) is 5.75 Å². The highest BCUT2D eigenvalue weighted by Gasteiger charge is 2.35. The maximum Gasteiger partial charge on any atom is 0.416 e. The molecule has 0 fully saturated rings. The molecule has 0 aromatic heterocycles. The number of para-hydroxylation sites is 1. The number of benzene rings is 3. The highest BCUT2D eigenvalue weighted by atomic mass is 32.2. The fraction of sp³-hybridized carbons (Fsp3) is 0.367. The van der Waals surface area contributed by atoms with Gasteiger partial charge in [0.25, 0.3) is 15.9 Å². The molecule has 232 valence electrons. The van der Waals surface area contributed by atoms with Crippen LogP contribution in [0.4, 0.5) is 23.2 Å². The van der Waals surface area contributed by atoms with Crippen molar-refractivity contribution in [1.29, 1.82) is 0 Å². The Kier molecular flexibility index (Phi) is 9.67. The average Bonchev–Trinajstić information content (AvgIpc) is 2.94. The summed E-state index contributed by atoms with van der Waals surface area (Å²) in [4.78, 5) is 16.8. The van der Waals surface area contributed by atoms with Gasteiger partial charge in [0.1, 0.15) is 11.9 Å². The third-order valence-corrected chi connectivity index (χ3v) is 8.67. The van der Waals surface area contributed by atoms with Gasteiger partial charge >= 0.3 is 6.18 Å². The summed E-state index contributed by atoms with van der Waals surface area (Å²) in [5.74, 6) is -1.37. The Balaban J connectivity index is 1.66. The molecular formula is C30H33F4N3O5S. The summed E-state index contributed by atoms with van der Waals surface area (Å²) in [5.41, 5.74) is -0.0168. The SMILES string of the molecule is C[C@@H]1CN([C@H](C)CO)C(=O)c2cccc(NS(=O)(=O)c3ccc(F)cc3)c2O[C@H]1CN(C)Cc1ccc(C(F)(F)F)cc1. The van der Waals surface area contributed by atoms with Gasteiger partial charge in [-0.1, -0.05) is 25.1 Å². The van der Waals surface area contributed by atoms with Crippen molar-refractivity contribution in [2.75, 3.05) is 31.5 Å². The second-order valence-corrected chi connectivity index (χ2v) is 12.4. The maximum atomic E-state index is 13.7. The van der Waals surface area contributed by atoms with E-state index in [0.29, 0.717) is 12.1 Å². The summed E-state index contributed by atoms with van der Waals surface area (Å²) >= 11 is 0. The van der Waals surface area contributed by atoms with Gasteiger partial charge in [-0.05, 0) is 68.1 Å². The Morgan fingerprint density at radius 2 is 1.74 bits per heavy atom. The first kappa shape index (κ1) is 32.2. The Bertz CT molecular complexity index is 1530. The Morgan fingerprint density at radius 1 is 1.09 bits per heavy atom. The minimum absolute atomic E-state index is 0.00345. The number of hydrogen-bond donors (Lipinski definition) is 2. The first-order chi connectivity index (χ1) is 20.2. The largest absolute Gasteiger partial charge is 0.486 e. The van der Waals surface area contributed by atoms with Gasteiger partial charge in [0, 0.05) is 25.6 Å². The minimum atomic E-state index is -4.44. The van der Waals surface area contributed by atoms with Crippen LogP contribution in [0.1, 0.15) is 35.3 Å². The van der Waals surface area contributed by atoms with Crippen LogP contribution < -0.4 is 9.46 Å². The monoisotopic (exact) mass is 623 g/mol. The van der Waals surface area contributed by atoms with E-state index in [1.807, 2.05) is 11.8 Å². The zero-order chi connectivity index (χ0) is 31.5. The van der Waals surface area contributed by atoms with Gasteiger partial charge in [0.15, 0.2) is 5.75 Å². The van der Waals surface area contributed by atoms with E-state index >= 15 is 0 Å². The molecule has 0 aliphatic carbocycles. The Labute approximate surface area is 247 Å². The van der Waals surface area contributed by atoms with Crippen LogP contribution >= 0.6 is 0 Å². The summed E-state index contributed by atoms with van der Waals surface area (Å²) in [6, 6.07) is 13.0. The number of likely N-dealkylation sites (N-methyl/N-ethyl adjacent to an activating group) is 1. The summed E-state index contributed by atoms with van der Waals surface area (Å²) in [7, 11) is -2.42. The number of amides is 1. The molecule has 0 bridgehead atoms. The number of alkyl halides is 3. The Morgan fingerprint density at radius 3 is 2.35 bits per heavy atom. The quantitative estimate of drug-likeness (QED) is 0.326.